The van der Waals surface area contributed by atoms with E-state index in [0.29, 0.717) is 0 Å². The van der Waals surface area contributed by atoms with Crippen molar-refractivity contribution in [3.8, 4) is 22.3 Å². The van der Waals surface area contributed by atoms with Gasteiger partial charge in [-0.05, 0) is 145 Å². The minimum absolute atomic E-state index is 0.00790. The molecule has 0 saturated carbocycles. The van der Waals surface area contributed by atoms with E-state index in [2.05, 4.69) is 221 Å². The van der Waals surface area contributed by atoms with Crippen molar-refractivity contribution in [3.63, 3.8) is 0 Å². The summed E-state index contributed by atoms with van der Waals surface area (Å²) in [4.78, 5) is 2.59. The first-order chi connectivity index (χ1) is 32.6. The van der Waals surface area contributed by atoms with Crippen LogP contribution >= 0.6 is 0 Å². The largest absolute Gasteiger partial charge is 0.466 e. The molecule has 5 heteroatoms. The van der Waals surface area contributed by atoms with Crippen LogP contribution < -0.4 is 16.0 Å². The summed E-state index contributed by atoms with van der Waals surface area (Å²) in [6, 6.07) is 46.5. The number of benzene rings is 7. The van der Waals surface area contributed by atoms with Gasteiger partial charge in [0, 0.05) is 49.1 Å². The molecule has 0 N–H and O–H groups in total. The lowest BCUT2D eigenvalue weighted by molar-refractivity contribution is 0.332. The van der Waals surface area contributed by atoms with E-state index in [9.17, 15) is 0 Å². The number of aromatic nitrogens is 1. The lowest BCUT2D eigenvalue weighted by Crippen LogP contribution is -2.56. The lowest BCUT2D eigenvalue weighted by atomic mass is 9.47. The Balaban J connectivity index is 1.27. The van der Waals surface area contributed by atoms with Crippen LogP contribution in [0.5, 0.6) is 0 Å². The maximum absolute atomic E-state index is 7.74. The Labute approximate surface area is 407 Å². The second-order valence-electron chi connectivity index (χ2n) is 25.2. The standard InChI is InChI=1S/C64H63BN2O2/c1-60(2,3)37-23-25-50(41(29-37)36-19-15-14-16-20-36)66-56-47-34-48-49(64(12,13)28-27-63(48,10)11)35-53(47)69-59(56)65-54-43(33-46-40-21-17-18-22-52(40)68-58(46)57(54)66)45-32-39(62(7,8)9)31-44-42-30-38(61(4,5)6)24-26-51(42)67(65)55(44)45/h14-26,29-35H,27-28H2,1-13H3. The summed E-state index contributed by atoms with van der Waals surface area (Å²) >= 11 is 0. The number of hydrogen-bond acceptors (Lipinski definition) is 3. The molecular weight excluding hydrogens is 840 g/mol. The minimum atomic E-state index is -0.285. The van der Waals surface area contributed by atoms with Crippen LogP contribution in [0, 0.1) is 0 Å². The number of nitrogens with zero attached hydrogens (tertiary/aromatic N) is 2. The zero-order valence-electron chi connectivity index (χ0n) is 42.7. The smallest absolute Gasteiger partial charge is 0.376 e. The summed E-state index contributed by atoms with van der Waals surface area (Å²) in [5, 5.41) is 5.98. The fraction of sp³-hybridized carbons (Fsp3) is 0.312. The predicted molar refractivity (Wildman–Crippen MR) is 294 cm³/mol. The Morgan fingerprint density at radius 2 is 1.12 bits per heavy atom. The number of anilines is 3. The van der Waals surface area contributed by atoms with Gasteiger partial charge in [0.25, 0.3) is 0 Å². The molecule has 2 aliphatic heterocycles. The van der Waals surface area contributed by atoms with Gasteiger partial charge in [0.05, 0.1) is 17.1 Å². The van der Waals surface area contributed by atoms with E-state index in [-0.39, 0.29) is 33.9 Å². The monoisotopic (exact) mass is 902 g/mol. The van der Waals surface area contributed by atoms with Gasteiger partial charge in [-0.2, -0.15) is 0 Å². The molecule has 0 amide bonds. The van der Waals surface area contributed by atoms with E-state index in [1.807, 2.05) is 0 Å². The first-order valence-electron chi connectivity index (χ1n) is 25.3. The molecule has 0 bridgehead atoms. The highest BCUT2D eigenvalue weighted by molar-refractivity contribution is 6.90. The lowest BCUT2D eigenvalue weighted by Gasteiger charge is -2.42. The summed E-state index contributed by atoms with van der Waals surface area (Å²) in [6.45, 7) is 30.4. The van der Waals surface area contributed by atoms with Crippen molar-refractivity contribution in [1.29, 1.82) is 0 Å². The van der Waals surface area contributed by atoms with Gasteiger partial charge in [-0.25, -0.2) is 0 Å². The third kappa shape index (κ3) is 5.95. The van der Waals surface area contributed by atoms with Gasteiger partial charge in [-0.1, -0.05) is 151 Å². The Morgan fingerprint density at radius 1 is 0.493 bits per heavy atom. The molecule has 7 aromatic carbocycles. The molecule has 0 unspecified atom stereocenters. The van der Waals surface area contributed by atoms with Crippen LogP contribution in [-0.4, -0.2) is 11.3 Å². The number of fused-ring (bicyclic) bond motifs is 14. The number of furan rings is 2. The molecule has 3 aliphatic rings. The van der Waals surface area contributed by atoms with Crippen LogP contribution in [-0.2, 0) is 27.1 Å². The van der Waals surface area contributed by atoms with Gasteiger partial charge in [0.2, 0.25) is 0 Å². The minimum Gasteiger partial charge on any atom is -0.466 e. The van der Waals surface area contributed by atoms with E-state index in [1.54, 1.807) is 0 Å². The van der Waals surface area contributed by atoms with Gasteiger partial charge in [-0.3, -0.25) is 0 Å². The van der Waals surface area contributed by atoms with E-state index >= 15 is 0 Å². The highest BCUT2D eigenvalue weighted by Gasteiger charge is 2.49. The number of rotatable bonds is 2. The Bertz CT molecular complexity index is 3850. The second kappa shape index (κ2) is 13.7. The first kappa shape index (κ1) is 42.6. The third-order valence-electron chi connectivity index (χ3n) is 16.7. The topological polar surface area (TPSA) is 34.5 Å². The summed E-state index contributed by atoms with van der Waals surface area (Å²) in [5.74, 6) is 0. The predicted octanol–water partition coefficient (Wildman–Crippen LogP) is 16.8. The van der Waals surface area contributed by atoms with E-state index in [0.717, 1.165) is 68.5 Å². The quantitative estimate of drug-likeness (QED) is 0.162. The van der Waals surface area contributed by atoms with Gasteiger partial charge in [-0.15, -0.1) is 0 Å². The van der Waals surface area contributed by atoms with Crippen LogP contribution in [0.3, 0.4) is 0 Å². The maximum Gasteiger partial charge on any atom is 0.376 e. The highest BCUT2D eigenvalue weighted by atomic mass is 16.3. The SMILES string of the molecule is CC(C)(C)c1ccc(N2c3c(oc4cc5c(cc34)C(C)(C)CCC5(C)C)B3c4c(cc5c(oc6ccccc65)c42)-c2cc(C(C)(C)C)cc4c5cc(C(C)(C)C)ccc5n3c24)c(-c2ccccc2)c1. The van der Waals surface area contributed by atoms with Crippen molar-refractivity contribution < 1.29 is 8.83 Å². The third-order valence-corrected chi connectivity index (χ3v) is 16.7. The van der Waals surface area contributed by atoms with Gasteiger partial charge >= 0.3 is 6.85 Å². The Morgan fingerprint density at radius 3 is 1.83 bits per heavy atom. The van der Waals surface area contributed by atoms with E-state index in [4.69, 9.17) is 8.83 Å². The average Bonchev–Trinajstić information content (AvgIpc) is 3.98. The molecule has 1 aliphatic carbocycles. The van der Waals surface area contributed by atoms with Crippen LogP contribution in [0.2, 0.25) is 0 Å². The molecule has 10 aromatic rings. The van der Waals surface area contributed by atoms with Crippen molar-refractivity contribution in [2.75, 3.05) is 4.90 Å². The molecule has 0 spiro atoms. The van der Waals surface area contributed by atoms with Gasteiger partial charge in [0.1, 0.15) is 16.8 Å². The van der Waals surface area contributed by atoms with Crippen molar-refractivity contribution >= 4 is 89.7 Å². The van der Waals surface area contributed by atoms with Crippen LogP contribution in [0.25, 0.3) is 77.0 Å². The fourth-order valence-electron chi connectivity index (χ4n) is 12.5. The molecule has 0 radical (unpaired) electrons. The molecule has 13 rings (SSSR count). The zero-order valence-corrected chi connectivity index (χ0v) is 42.7. The molecule has 0 saturated heterocycles. The average molecular weight is 903 g/mol. The van der Waals surface area contributed by atoms with Crippen LogP contribution in [0.4, 0.5) is 17.1 Å². The Kier molecular flexibility index (Phi) is 8.44. The maximum atomic E-state index is 7.74. The van der Waals surface area contributed by atoms with E-state index < -0.39 is 0 Å². The molecule has 5 heterocycles. The van der Waals surface area contributed by atoms with Crippen molar-refractivity contribution in [1.82, 2.24) is 4.48 Å². The molecule has 4 nitrogen and oxygen atoms in total. The van der Waals surface area contributed by atoms with Crippen molar-refractivity contribution in [2.45, 2.75) is 130 Å². The number of hydrogen-bond donors (Lipinski definition) is 0. The molecular formula is C64H63BN2O2. The first-order valence-corrected chi connectivity index (χ1v) is 25.3. The summed E-state index contributed by atoms with van der Waals surface area (Å²) < 4.78 is 17.7. The summed E-state index contributed by atoms with van der Waals surface area (Å²) in [7, 11) is 0. The second-order valence-corrected chi connectivity index (χ2v) is 25.2. The zero-order chi connectivity index (χ0) is 48.1. The van der Waals surface area contributed by atoms with Gasteiger partial charge < -0.3 is 18.2 Å². The Hall–Kier alpha value is -6.46. The van der Waals surface area contributed by atoms with Crippen molar-refractivity contribution in [2.24, 2.45) is 0 Å². The molecule has 69 heavy (non-hydrogen) atoms. The summed E-state index contributed by atoms with van der Waals surface area (Å²) in [6.07, 6.45) is 2.25. The number of para-hydroxylation sites is 1. The molecule has 344 valence electrons. The highest BCUT2D eigenvalue weighted by Crippen LogP contribution is 2.55. The summed E-state index contributed by atoms with van der Waals surface area (Å²) in [5.41, 5.74) is 22.1. The molecule has 0 atom stereocenters. The van der Waals surface area contributed by atoms with Crippen molar-refractivity contribution in [3.05, 3.63) is 149 Å². The van der Waals surface area contributed by atoms with Crippen LogP contribution in [0.1, 0.15) is 131 Å². The molecule has 3 aromatic heterocycles. The van der Waals surface area contributed by atoms with Gasteiger partial charge in [0.15, 0.2) is 5.58 Å². The fourth-order valence-corrected chi connectivity index (χ4v) is 12.5. The van der Waals surface area contributed by atoms with E-state index in [1.165, 1.54) is 77.3 Å². The molecule has 0 fully saturated rings. The normalized spacial score (nSPS) is 16.2. The van der Waals surface area contributed by atoms with Crippen LogP contribution in [0.15, 0.2) is 130 Å².